The summed E-state index contributed by atoms with van der Waals surface area (Å²) in [6, 6.07) is 1.35. The molecule has 0 aliphatic carbocycles. The smallest absolute Gasteiger partial charge is 0.240 e. The average molecular weight is 267 g/mol. The summed E-state index contributed by atoms with van der Waals surface area (Å²) in [6.07, 6.45) is 3.13. The molecule has 18 heavy (non-hydrogen) atoms. The van der Waals surface area contributed by atoms with Gasteiger partial charge in [-0.3, -0.25) is 4.79 Å². The molecule has 94 valence electrons. The van der Waals surface area contributed by atoms with Crippen LogP contribution in [0.15, 0.2) is 16.7 Å². The third-order valence-corrected chi connectivity index (χ3v) is 3.28. The Kier molecular flexibility index (Phi) is 2.59. The molecule has 0 saturated carbocycles. The summed E-state index contributed by atoms with van der Waals surface area (Å²) >= 11 is 5.88. The van der Waals surface area contributed by atoms with Gasteiger partial charge >= 0.3 is 0 Å². The van der Waals surface area contributed by atoms with Gasteiger partial charge in [-0.15, -0.1) is 0 Å². The molecule has 2 aromatic heterocycles. The molecular weight excluding hydrogens is 256 g/mol. The first-order valence-corrected chi connectivity index (χ1v) is 6.01. The van der Waals surface area contributed by atoms with Gasteiger partial charge in [0.15, 0.2) is 11.4 Å². The number of carbonyl (C=O) groups excluding carboxylic acids is 1. The summed E-state index contributed by atoms with van der Waals surface area (Å²) < 4.78 is 5.37. The number of carbonyl (C=O) groups is 1. The van der Waals surface area contributed by atoms with E-state index in [4.69, 9.17) is 21.8 Å². The molecule has 7 heteroatoms. The fourth-order valence-corrected chi connectivity index (χ4v) is 2.50. The summed E-state index contributed by atoms with van der Waals surface area (Å²) in [6.45, 7) is 0.705. The molecule has 1 aliphatic heterocycles. The van der Waals surface area contributed by atoms with Gasteiger partial charge in [-0.2, -0.15) is 4.98 Å². The Labute approximate surface area is 108 Å². The second-order valence-corrected chi connectivity index (χ2v) is 4.54. The number of fused-ring (bicyclic) bond motifs is 1. The van der Waals surface area contributed by atoms with Gasteiger partial charge in [0.25, 0.3) is 0 Å². The number of anilines is 1. The third-order valence-electron chi connectivity index (χ3n) is 3.11. The van der Waals surface area contributed by atoms with Crippen molar-refractivity contribution < 1.29 is 9.21 Å². The third kappa shape index (κ3) is 1.69. The van der Waals surface area contributed by atoms with Crippen LogP contribution in [-0.4, -0.2) is 28.5 Å². The zero-order valence-electron chi connectivity index (χ0n) is 9.47. The number of hydrogen-bond acceptors (Lipinski definition) is 5. The lowest BCUT2D eigenvalue weighted by Crippen LogP contribution is -2.40. The number of halogens is 1. The fourth-order valence-electron chi connectivity index (χ4n) is 2.33. The van der Waals surface area contributed by atoms with E-state index in [1.807, 2.05) is 4.90 Å². The van der Waals surface area contributed by atoms with E-state index in [0.717, 1.165) is 12.8 Å². The summed E-state index contributed by atoms with van der Waals surface area (Å²) in [5, 5.41) is 0.133. The summed E-state index contributed by atoms with van der Waals surface area (Å²) in [5.41, 5.74) is 6.56. The summed E-state index contributed by atoms with van der Waals surface area (Å²) in [4.78, 5) is 21.5. The summed E-state index contributed by atoms with van der Waals surface area (Å²) in [5.74, 6) is 0.179. The van der Waals surface area contributed by atoms with E-state index < -0.39 is 0 Å². The zero-order chi connectivity index (χ0) is 12.7. The first-order chi connectivity index (χ1) is 8.66. The number of primary amides is 1. The van der Waals surface area contributed by atoms with Crippen LogP contribution in [0, 0.1) is 0 Å². The quantitative estimate of drug-likeness (QED) is 0.829. The Morgan fingerprint density at radius 2 is 2.39 bits per heavy atom. The Hall–Kier alpha value is -1.82. The van der Waals surface area contributed by atoms with Crippen LogP contribution < -0.4 is 10.6 Å². The van der Waals surface area contributed by atoms with Crippen molar-refractivity contribution in [2.75, 3.05) is 11.4 Å². The number of furan rings is 1. The first-order valence-electron chi connectivity index (χ1n) is 5.63. The van der Waals surface area contributed by atoms with Crippen LogP contribution in [0.2, 0.25) is 5.28 Å². The minimum atomic E-state index is -0.359. The van der Waals surface area contributed by atoms with E-state index in [0.29, 0.717) is 23.5 Å². The largest absolute Gasteiger partial charge is 0.459 e. The molecule has 2 N–H and O–H groups in total. The lowest BCUT2D eigenvalue weighted by molar-refractivity contribution is -0.119. The molecule has 0 bridgehead atoms. The molecule has 0 unspecified atom stereocenters. The predicted molar refractivity (Wildman–Crippen MR) is 66.4 cm³/mol. The minimum absolute atomic E-state index is 0.133. The minimum Gasteiger partial charge on any atom is -0.459 e. The Morgan fingerprint density at radius 1 is 1.56 bits per heavy atom. The van der Waals surface area contributed by atoms with Crippen molar-refractivity contribution in [3.63, 3.8) is 0 Å². The molecule has 1 fully saturated rings. The van der Waals surface area contributed by atoms with E-state index in [9.17, 15) is 4.79 Å². The molecule has 0 radical (unpaired) electrons. The van der Waals surface area contributed by atoms with Gasteiger partial charge in [-0.05, 0) is 24.4 Å². The van der Waals surface area contributed by atoms with Crippen molar-refractivity contribution in [2.45, 2.75) is 18.9 Å². The van der Waals surface area contributed by atoms with E-state index >= 15 is 0 Å². The van der Waals surface area contributed by atoms with Crippen LogP contribution in [-0.2, 0) is 4.79 Å². The predicted octanol–water partition coefficient (Wildman–Crippen LogP) is 1.33. The number of aromatic nitrogens is 2. The molecule has 1 saturated heterocycles. The van der Waals surface area contributed by atoms with Gasteiger partial charge in [0.1, 0.15) is 11.6 Å². The lowest BCUT2D eigenvalue weighted by atomic mass is 10.2. The van der Waals surface area contributed by atoms with Gasteiger partial charge in [-0.1, -0.05) is 0 Å². The molecule has 0 aromatic carbocycles. The van der Waals surface area contributed by atoms with Crippen LogP contribution in [0.25, 0.3) is 11.1 Å². The number of rotatable bonds is 2. The highest BCUT2D eigenvalue weighted by molar-refractivity contribution is 6.28. The Morgan fingerprint density at radius 3 is 3.17 bits per heavy atom. The fraction of sp³-hybridized carbons (Fsp3) is 0.364. The maximum Gasteiger partial charge on any atom is 0.240 e. The molecule has 1 atom stereocenters. The molecule has 3 heterocycles. The van der Waals surface area contributed by atoms with Crippen molar-refractivity contribution in [3.05, 3.63) is 17.6 Å². The van der Waals surface area contributed by atoms with Crippen molar-refractivity contribution >= 4 is 34.4 Å². The molecule has 0 spiro atoms. The Balaban J connectivity index is 2.13. The highest BCUT2D eigenvalue weighted by Gasteiger charge is 2.32. The highest BCUT2D eigenvalue weighted by atomic mass is 35.5. The van der Waals surface area contributed by atoms with Crippen molar-refractivity contribution in [1.29, 1.82) is 0 Å². The topological polar surface area (TPSA) is 85.3 Å². The summed E-state index contributed by atoms with van der Waals surface area (Å²) in [7, 11) is 0. The molecule has 1 aliphatic rings. The van der Waals surface area contributed by atoms with Crippen LogP contribution in [0.3, 0.4) is 0 Å². The van der Waals surface area contributed by atoms with Gasteiger partial charge in [0, 0.05) is 12.6 Å². The van der Waals surface area contributed by atoms with Crippen molar-refractivity contribution in [2.24, 2.45) is 5.73 Å². The highest BCUT2D eigenvalue weighted by Crippen LogP contribution is 2.31. The van der Waals surface area contributed by atoms with E-state index in [2.05, 4.69) is 9.97 Å². The van der Waals surface area contributed by atoms with E-state index in [1.165, 1.54) is 6.26 Å². The first kappa shape index (κ1) is 11.3. The maximum absolute atomic E-state index is 11.4. The maximum atomic E-state index is 11.4. The van der Waals surface area contributed by atoms with Gasteiger partial charge in [0.05, 0.1) is 6.26 Å². The number of amides is 1. The molecular formula is C11H11ClN4O2. The number of nitrogens with two attached hydrogens (primary N) is 1. The SMILES string of the molecule is NC(=O)[C@H]1CCCN1c1nc(Cl)nc2ccoc12. The molecule has 2 aromatic rings. The second kappa shape index (κ2) is 4.13. The van der Waals surface area contributed by atoms with Crippen LogP contribution in [0.5, 0.6) is 0 Å². The van der Waals surface area contributed by atoms with E-state index in [-0.39, 0.29) is 17.2 Å². The normalized spacial score (nSPS) is 19.6. The molecule has 3 rings (SSSR count). The van der Waals surface area contributed by atoms with Crippen molar-refractivity contribution in [1.82, 2.24) is 9.97 Å². The van der Waals surface area contributed by atoms with E-state index in [1.54, 1.807) is 6.07 Å². The van der Waals surface area contributed by atoms with Gasteiger partial charge in [0.2, 0.25) is 11.2 Å². The zero-order valence-corrected chi connectivity index (χ0v) is 10.2. The standard InChI is InChI=1S/C11H11ClN4O2/c12-11-14-6-3-5-18-8(6)10(15-11)16-4-1-2-7(16)9(13)17/h3,5,7H,1-2,4H2,(H2,13,17)/t7-/m1/s1. The van der Waals surface area contributed by atoms with Crippen LogP contribution >= 0.6 is 11.6 Å². The van der Waals surface area contributed by atoms with Crippen LogP contribution in [0.1, 0.15) is 12.8 Å². The lowest BCUT2D eigenvalue weighted by Gasteiger charge is -2.22. The van der Waals surface area contributed by atoms with Crippen molar-refractivity contribution in [3.8, 4) is 0 Å². The van der Waals surface area contributed by atoms with Crippen LogP contribution in [0.4, 0.5) is 5.82 Å². The Bertz CT molecular complexity index is 612. The average Bonchev–Trinajstić information content (AvgIpc) is 2.95. The molecule has 1 amide bonds. The van der Waals surface area contributed by atoms with Gasteiger partial charge < -0.3 is 15.1 Å². The monoisotopic (exact) mass is 266 g/mol. The number of nitrogens with zero attached hydrogens (tertiary/aromatic N) is 3. The number of hydrogen-bond donors (Lipinski definition) is 1. The van der Waals surface area contributed by atoms with Gasteiger partial charge in [-0.25, -0.2) is 4.98 Å². The molecule has 6 nitrogen and oxygen atoms in total. The second-order valence-electron chi connectivity index (χ2n) is 4.20.